The lowest BCUT2D eigenvalue weighted by atomic mass is 10.00. The van der Waals surface area contributed by atoms with Crippen molar-refractivity contribution in [3.8, 4) is 0 Å². The zero-order valence-corrected chi connectivity index (χ0v) is 14.7. The Morgan fingerprint density at radius 2 is 1.58 bits per heavy atom. The molecule has 4 heteroatoms. The lowest BCUT2D eigenvalue weighted by molar-refractivity contribution is -0.117. The van der Waals surface area contributed by atoms with Crippen LogP contribution in [0.5, 0.6) is 0 Å². The molecule has 2 aromatic carbocycles. The second kappa shape index (κ2) is 6.75. The number of benzene rings is 2. The number of amides is 1. The van der Waals surface area contributed by atoms with Gasteiger partial charge in [-0.1, -0.05) is 47.5 Å². The molecule has 2 aromatic rings. The van der Waals surface area contributed by atoms with E-state index in [0.717, 1.165) is 23.2 Å². The molecule has 24 heavy (non-hydrogen) atoms. The molecule has 2 unspecified atom stereocenters. The highest BCUT2D eigenvalue weighted by atomic mass is 16.2. The molecule has 1 aliphatic rings. The molecule has 0 aliphatic carbocycles. The molecular weight excluding hydrogens is 298 g/mol. The Morgan fingerprint density at radius 3 is 2.21 bits per heavy atom. The normalized spacial score (nSPS) is 20.2. The first-order valence-electron chi connectivity index (χ1n) is 8.40. The van der Waals surface area contributed by atoms with Gasteiger partial charge in [0.05, 0.1) is 0 Å². The number of carbonyl (C=O) groups excluding carboxylic acids is 1. The molecule has 126 valence electrons. The first-order valence-corrected chi connectivity index (χ1v) is 8.40. The highest BCUT2D eigenvalue weighted by molar-refractivity contribution is 5.96. The summed E-state index contributed by atoms with van der Waals surface area (Å²) in [6.45, 7) is 8.21. The van der Waals surface area contributed by atoms with E-state index in [1.165, 1.54) is 16.7 Å². The van der Waals surface area contributed by atoms with Crippen LogP contribution in [0.4, 0.5) is 5.69 Å². The molecule has 0 aromatic heterocycles. The second-order valence-corrected chi connectivity index (χ2v) is 6.80. The fourth-order valence-electron chi connectivity index (χ4n) is 3.33. The molecule has 3 rings (SSSR count). The van der Waals surface area contributed by atoms with Gasteiger partial charge in [0.15, 0.2) is 0 Å². The number of hydrogen-bond donors (Lipinski definition) is 3. The number of hydrogen-bond acceptors (Lipinski definition) is 3. The van der Waals surface area contributed by atoms with E-state index < -0.39 is 0 Å². The summed E-state index contributed by atoms with van der Waals surface area (Å²) < 4.78 is 0. The summed E-state index contributed by atoms with van der Waals surface area (Å²) in [7, 11) is 0. The summed E-state index contributed by atoms with van der Waals surface area (Å²) in [6, 6.07) is 12.5. The molecule has 1 aliphatic heterocycles. The van der Waals surface area contributed by atoms with Crippen LogP contribution in [0.1, 0.15) is 40.3 Å². The Morgan fingerprint density at radius 1 is 0.958 bits per heavy atom. The highest BCUT2D eigenvalue weighted by Gasteiger charge is 2.30. The van der Waals surface area contributed by atoms with Crippen LogP contribution in [0.2, 0.25) is 0 Å². The van der Waals surface area contributed by atoms with Crippen LogP contribution in [-0.4, -0.2) is 11.9 Å². The topological polar surface area (TPSA) is 53.2 Å². The van der Waals surface area contributed by atoms with Crippen molar-refractivity contribution in [2.75, 3.05) is 5.32 Å². The van der Waals surface area contributed by atoms with Crippen LogP contribution in [0.15, 0.2) is 36.4 Å². The SMILES string of the molecule is Cc1ccc(C2CC(C(=O)Nc3c(C)cc(C)cc3C)NN2)cc1. The van der Waals surface area contributed by atoms with Gasteiger partial charge in [-0.2, -0.15) is 0 Å². The molecule has 0 bridgehead atoms. The number of rotatable bonds is 3. The van der Waals surface area contributed by atoms with Crippen LogP contribution >= 0.6 is 0 Å². The van der Waals surface area contributed by atoms with E-state index in [4.69, 9.17) is 0 Å². The Hall–Kier alpha value is -2.17. The summed E-state index contributed by atoms with van der Waals surface area (Å²) in [5, 5.41) is 3.09. The van der Waals surface area contributed by atoms with Gasteiger partial charge in [-0.25, -0.2) is 10.9 Å². The molecule has 3 N–H and O–H groups in total. The zero-order chi connectivity index (χ0) is 17.3. The summed E-state index contributed by atoms with van der Waals surface area (Å²) in [5.41, 5.74) is 13.1. The highest BCUT2D eigenvalue weighted by Crippen LogP contribution is 2.25. The summed E-state index contributed by atoms with van der Waals surface area (Å²) in [6.07, 6.45) is 0.735. The van der Waals surface area contributed by atoms with Gasteiger partial charge in [0.25, 0.3) is 0 Å². The smallest absolute Gasteiger partial charge is 0.242 e. The van der Waals surface area contributed by atoms with Crippen molar-refractivity contribution in [1.82, 2.24) is 10.9 Å². The Labute approximate surface area is 143 Å². The van der Waals surface area contributed by atoms with E-state index in [0.29, 0.717) is 0 Å². The van der Waals surface area contributed by atoms with Crippen LogP contribution in [-0.2, 0) is 4.79 Å². The Balaban J connectivity index is 1.68. The standard InChI is InChI=1S/C20H25N3O/c1-12-5-7-16(8-6-12)17-11-18(23-22-17)20(24)21-19-14(3)9-13(2)10-15(19)4/h5-10,17-18,22-23H,11H2,1-4H3,(H,21,24). The lowest BCUT2D eigenvalue weighted by Gasteiger charge is -2.15. The van der Waals surface area contributed by atoms with Gasteiger partial charge in [0.2, 0.25) is 5.91 Å². The van der Waals surface area contributed by atoms with E-state index in [1.807, 2.05) is 13.8 Å². The van der Waals surface area contributed by atoms with Gasteiger partial charge in [0, 0.05) is 11.7 Å². The van der Waals surface area contributed by atoms with Crippen molar-refractivity contribution in [3.63, 3.8) is 0 Å². The summed E-state index contributed by atoms with van der Waals surface area (Å²) in [5.74, 6) is 0.00663. The molecule has 0 radical (unpaired) electrons. The Bertz CT molecular complexity index is 729. The molecule has 0 saturated carbocycles. The molecule has 1 saturated heterocycles. The lowest BCUT2D eigenvalue weighted by Crippen LogP contribution is -2.39. The van der Waals surface area contributed by atoms with Gasteiger partial charge in [-0.15, -0.1) is 0 Å². The van der Waals surface area contributed by atoms with E-state index in [2.05, 4.69) is 66.4 Å². The van der Waals surface area contributed by atoms with Gasteiger partial charge in [-0.05, 0) is 50.8 Å². The van der Waals surface area contributed by atoms with Crippen LogP contribution in [0.3, 0.4) is 0 Å². The molecule has 1 fully saturated rings. The largest absolute Gasteiger partial charge is 0.324 e. The van der Waals surface area contributed by atoms with Crippen molar-refractivity contribution in [2.24, 2.45) is 0 Å². The van der Waals surface area contributed by atoms with E-state index >= 15 is 0 Å². The average Bonchev–Trinajstić information content (AvgIpc) is 3.01. The van der Waals surface area contributed by atoms with E-state index in [9.17, 15) is 4.79 Å². The van der Waals surface area contributed by atoms with Crippen LogP contribution < -0.4 is 16.2 Å². The minimum Gasteiger partial charge on any atom is -0.324 e. The average molecular weight is 323 g/mol. The third-order valence-corrected chi connectivity index (χ3v) is 4.62. The van der Waals surface area contributed by atoms with Gasteiger partial charge in [-0.3, -0.25) is 4.79 Å². The third-order valence-electron chi connectivity index (χ3n) is 4.62. The summed E-state index contributed by atoms with van der Waals surface area (Å²) in [4.78, 5) is 12.6. The zero-order valence-electron chi connectivity index (χ0n) is 14.7. The van der Waals surface area contributed by atoms with Gasteiger partial charge < -0.3 is 5.32 Å². The van der Waals surface area contributed by atoms with E-state index in [-0.39, 0.29) is 18.0 Å². The quantitative estimate of drug-likeness (QED) is 0.811. The first-order chi connectivity index (χ1) is 11.4. The Kier molecular flexibility index (Phi) is 4.69. The molecule has 0 spiro atoms. The van der Waals surface area contributed by atoms with E-state index in [1.54, 1.807) is 0 Å². The number of anilines is 1. The van der Waals surface area contributed by atoms with Gasteiger partial charge >= 0.3 is 0 Å². The van der Waals surface area contributed by atoms with Crippen molar-refractivity contribution in [1.29, 1.82) is 0 Å². The van der Waals surface area contributed by atoms with Crippen LogP contribution in [0.25, 0.3) is 0 Å². The maximum atomic E-state index is 12.6. The monoisotopic (exact) mass is 323 g/mol. The second-order valence-electron chi connectivity index (χ2n) is 6.80. The fraction of sp³-hybridized carbons (Fsp3) is 0.350. The maximum absolute atomic E-state index is 12.6. The summed E-state index contributed by atoms with van der Waals surface area (Å²) >= 11 is 0. The van der Waals surface area contributed by atoms with Crippen molar-refractivity contribution >= 4 is 11.6 Å². The molecule has 1 heterocycles. The minimum atomic E-state index is -0.239. The predicted octanol–water partition coefficient (Wildman–Crippen LogP) is 3.47. The number of aryl methyl sites for hydroxylation is 4. The van der Waals surface area contributed by atoms with Crippen molar-refractivity contribution in [2.45, 2.75) is 46.2 Å². The number of nitrogens with one attached hydrogen (secondary N) is 3. The van der Waals surface area contributed by atoms with Crippen LogP contribution in [0, 0.1) is 27.7 Å². The number of carbonyl (C=O) groups is 1. The molecule has 1 amide bonds. The molecule has 2 atom stereocenters. The molecule has 4 nitrogen and oxygen atoms in total. The maximum Gasteiger partial charge on any atom is 0.242 e. The minimum absolute atomic E-state index is 0.00663. The first kappa shape index (κ1) is 16.7. The van der Waals surface area contributed by atoms with Gasteiger partial charge in [0.1, 0.15) is 6.04 Å². The fourth-order valence-corrected chi connectivity index (χ4v) is 3.33. The molecular formula is C20H25N3O. The third kappa shape index (κ3) is 3.50. The van der Waals surface area contributed by atoms with Crippen molar-refractivity contribution < 1.29 is 4.79 Å². The van der Waals surface area contributed by atoms with Crippen molar-refractivity contribution in [3.05, 3.63) is 64.2 Å². The number of hydrazine groups is 1. The predicted molar refractivity (Wildman–Crippen MR) is 97.9 cm³/mol.